The van der Waals surface area contributed by atoms with Gasteiger partial charge in [-0.05, 0) is 67.3 Å². The highest BCUT2D eigenvalue weighted by atomic mass is 16.5. The Bertz CT molecular complexity index is 1230. The molecule has 9 nitrogen and oxygen atoms in total. The smallest absolute Gasteiger partial charge is 0.261 e. The molecule has 0 aliphatic carbocycles. The topological polar surface area (TPSA) is 121 Å². The average molecular weight is 504 g/mol. The number of aryl methyl sites for hydroxylation is 2. The summed E-state index contributed by atoms with van der Waals surface area (Å²) in [5.74, 6) is -0.564. The van der Waals surface area contributed by atoms with Crippen molar-refractivity contribution >= 4 is 11.8 Å². The van der Waals surface area contributed by atoms with E-state index < -0.39 is 17.9 Å². The molecule has 1 aliphatic rings. The van der Waals surface area contributed by atoms with Gasteiger partial charge in [-0.25, -0.2) is 5.48 Å². The Morgan fingerprint density at radius 2 is 1.78 bits per heavy atom. The van der Waals surface area contributed by atoms with Crippen molar-refractivity contribution in [1.82, 2.24) is 20.3 Å². The highest BCUT2D eigenvalue weighted by Crippen LogP contribution is 2.24. The maximum Gasteiger partial charge on any atom is 0.261 e. The first-order chi connectivity index (χ1) is 17.8. The number of pyridine rings is 1. The van der Waals surface area contributed by atoms with Gasteiger partial charge in [0.2, 0.25) is 5.91 Å². The molecule has 1 atom stereocenters. The maximum absolute atomic E-state index is 12.7. The summed E-state index contributed by atoms with van der Waals surface area (Å²) in [6, 6.07) is 18.4. The van der Waals surface area contributed by atoms with E-state index in [-0.39, 0.29) is 6.42 Å². The van der Waals surface area contributed by atoms with Crippen molar-refractivity contribution in [1.29, 1.82) is 0 Å². The van der Waals surface area contributed by atoms with Gasteiger partial charge in [0.25, 0.3) is 5.91 Å². The molecule has 1 aliphatic heterocycles. The highest BCUT2D eigenvalue weighted by molar-refractivity contribution is 5.95. The van der Waals surface area contributed by atoms with E-state index in [0.717, 1.165) is 30.0 Å². The summed E-state index contributed by atoms with van der Waals surface area (Å²) < 4.78 is 6.00. The molecular formula is C28H33N5O4. The third-order valence-corrected chi connectivity index (χ3v) is 6.49. The van der Waals surface area contributed by atoms with Crippen molar-refractivity contribution in [3.8, 4) is 5.75 Å². The summed E-state index contributed by atoms with van der Waals surface area (Å²) in [6.07, 6.45) is 0.189. The van der Waals surface area contributed by atoms with Crippen LogP contribution in [0.2, 0.25) is 0 Å². The second-order valence-electron chi connectivity index (χ2n) is 9.42. The van der Waals surface area contributed by atoms with Crippen LogP contribution in [0.5, 0.6) is 5.75 Å². The molecule has 0 spiro atoms. The zero-order valence-corrected chi connectivity index (χ0v) is 21.2. The Labute approximate surface area is 216 Å². The minimum absolute atomic E-state index is 0.189. The van der Waals surface area contributed by atoms with E-state index in [4.69, 9.17) is 10.5 Å². The number of rotatable bonds is 10. The van der Waals surface area contributed by atoms with Gasteiger partial charge in [0.1, 0.15) is 12.4 Å². The number of primary amides is 1. The molecule has 0 unspecified atom stereocenters. The van der Waals surface area contributed by atoms with Crippen LogP contribution in [0.25, 0.3) is 0 Å². The van der Waals surface area contributed by atoms with E-state index in [1.54, 1.807) is 23.7 Å². The summed E-state index contributed by atoms with van der Waals surface area (Å²) >= 11 is 0. The summed E-state index contributed by atoms with van der Waals surface area (Å²) in [6.45, 7) is 6.93. The van der Waals surface area contributed by atoms with Crippen LogP contribution in [0, 0.1) is 13.8 Å². The molecule has 0 radical (unpaired) electrons. The second-order valence-corrected chi connectivity index (χ2v) is 9.42. The summed E-state index contributed by atoms with van der Waals surface area (Å²) in [5, 5.41) is 9.47. The first-order valence-corrected chi connectivity index (χ1v) is 12.3. The molecule has 4 N–H and O–H groups in total. The van der Waals surface area contributed by atoms with Crippen LogP contribution in [-0.2, 0) is 24.4 Å². The van der Waals surface area contributed by atoms with Gasteiger partial charge in [-0.15, -0.1) is 0 Å². The molecule has 4 rings (SSSR count). The van der Waals surface area contributed by atoms with E-state index in [0.29, 0.717) is 36.7 Å². The molecule has 0 saturated carbocycles. The van der Waals surface area contributed by atoms with Crippen LogP contribution in [0.3, 0.4) is 0 Å². The first kappa shape index (κ1) is 26.3. The van der Waals surface area contributed by atoms with Gasteiger partial charge in [0.15, 0.2) is 0 Å². The summed E-state index contributed by atoms with van der Waals surface area (Å²) in [5.41, 5.74) is 12.3. The van der Waals surface area contributed by atoms with Crippen molar-refractivity contribution < 1.29 is 19.5 Å². The lowest BCUT2D eigenvalue weighted by molar-refractivity contribution is -0.134. The van der Waals surface area contributed by atoms with Gasteiger partial charge in [0, 0.05) is 36.6 Å². The molecular weight excluding hydrogens is 470 g/mol. The summed E-state index contributed by atoms with van der Waals surface area (Å²) in [4.78, 5) is 33.5. The van der Waals surface area contributed by atoms with Crippen LogP contribution in [0.1, 0.15) is 38.4 Å². The van der Waals surface area contributed by atoms with Gasteiger partial charge in [0.05, 0.1) is 12.7 Å². The molecule has 2 aromatic carbocycles. The van der Waals surface area contributed by atoms with Crippen LogP contribution >= 0.6 is 0 Å². The third-order valence-electron chi connectivity index (χ3n) is 6.49. The Hall–Kier alpha value is -3.79. The zero-order valence-electron chi connectivity index (χ0n) is 21.2. The minimum atomic E-state index is -0.690. The zero-order chi connectivity index (χ0) is 26.4. The largest absolute Gasteiger partial charge is 0.489 e. The third kappa shape index (κ3) is 6.91. The lowest BCUT2D eigenvalue weighted by Crippen LogP contribution is -2.47. The number of hydrogen-bond acceptors (Lipinski definition) is 7. The summed E-state index contributed by atoms with van der Waals surface area (Å²) in [7, 11) is 0. The Morgan fingerprint density at radius 3 is 2.46 bits per heavy atom. The lowest BCUT2D eigenvalue weighted by atomic mass is 9.98. The van der Waals surface area contributed by atoms with Gasteiger partial charge in [-0.1, -0.05) is 30.3 Å². The first-order valence-electron chi connectivity index (χ1n) is 12.3. The van der Waals surface area contributed by atoms with E-state index >= 15 is 0 Å². The molecule has 194 valence electrons. The van der Waals surface area contributed by atoms with E-state index in [2.05, 4.69) is 22.0 Å². The minimum Gasteiger partial charge on any atom is -0.489 e. The van der Waals surface area contributed by atoms with Crippen LogP contribution in [0.15, 0.2) is 60.7 Å². The van der Waals surface area contributed by atoms with Crippen molar-refractivity contribution in [3.63, 3.8) is 0 Å². The van der Waals surface area contributed by atoms with Gasteiger partial charge in [-0.2, -0.15) is 0 Å². The van der Waals surface area contributed by atoms with Crippen LogP contribution in [-0.4, -0.2) is 57.6 Å². The Kier molecular flexibility index (Phi) is 8.50. The normalized spacial score (nSPS) is 14.9. The molecule has 0 bridgehead atoms. The highest BCUT2D eigenvalue weighted by Gasteiger charge is 2.32. The van der Waals surface area contributed by atoms with Gasteiger partial charge < -0.3 is 10.5 Å². The number of nitrogens with one attached hydrogen (secondary N) is 1. The number of benzene rings is 2. The maximum atomic E-state index is 12.7. The fourth-order valence-corrected chi connectivity index (χ4v) is 4.80. The van der Waals surface area contributed by atoms with E-state index in [1.807, 2.05) is 49.1 Å². The number of carbonyl (C=O) groups is 2. The van der Waals surface area contributed by atoms with Crippen LogP contribution < -0.4 is 16.0 Å². The van der Waals surface area contributed by atoms with Crippen LogP contribution in [0.4, 0.5) is 0 Å². The van der Waals surface area contributed by atoms with Crippen molar-refractivity contribution in [2.24, 2.45) is 5.73 Å². The molecule has 1 saturated heterocycles. The number of hydrogen-bond donors (Lipinski definition) is 3. The number of amides is 2. The average Bonchev–Trinajstić information content (AvgIpc) is 3.33. The Balaban J connectivity index is 1.51. The van der Waals surface area contributed by atoms with Crippen molar-refractivity contribution in [2.75, 3.05) is 19.8 Å². The number of nitrogens with two attached hydrogens (primary N) is 1. The number of ether oxygens (including phenoxy) is 1. The fraction of sp³-hybridized carbons (Fsp3) is 0.321. The number of nitrogens with zero attached hydrogens (tertiary/aromatic N) is 3. The van der Waals surface area contributed by atoms with Gasteiger partial charge in [-0.3, -0.25) is 29.6 Å². The molecule has 2 amide bonds. The standard InChI is InChI=1S/C28H33N5O4/c1-19-12-22(13-20(2)30-19)17-37-24-8-9-25(27(29)34)23(14-24)15-26(28(35)31-36)33-11-10-32(18-33)16-21-6-4-3-5-7-21/h3-9,12-14,26,36H,10-11,15-18H2,1-2H3,(H2,29,34)(H,31,35)/t26-/m0/s1. The fourth-order valence-electron chi connectivity index (χ4n) is 4.80. The molecule has 1 aromatic heterocycles. The molecule has 1 fully saturated rings. The predicted octanol–water partition coefficient (Wildman–Crippen LogP) is 2.57. The van der Waals surface area contributed by atoms with E-state index in [9.17, 15) is 14.8 Å². The molecule has 3 aromatic rings. The van der Waals surface area contributed by atoms with Crippen molar-refractivity contribution in [3.05, 3.63) is 94.3 Å². The van der Waals surface area contributed by atoms with Crippen molar-refractivity contribution in [2.45, 2.75) is 39.5 Å². The molecule has 2 heterocycles. The quantitative estimate of drug-likeness (QED) is 0.287. The second kappa shape index (κ2) is 12.0. The predicted molar refractivity (Wildman–Crippen MR) is 139 cm³/mol. The van der Waals surface area contributed by atoms with Gasteiger partial charge >= 0.3 is 0 Å². The molecule has 37 heavy (non-hydrogen) atoms. The number of aromatic nitrogens is 1. The number of carbonyl (C=O) groups excluding carboxylic acids is 2. The Morgan fingerprint density at radius 1 is 1.05 bits per heavy atom. The monoisotopic (exact) mass is 503 g/mol. The van der Waals surface area contributed by atoms with E-state index in [1.165, 1.54) is 5.56 Å². The SMILES string of the molecule is Cc1cc(COc2ccc(C(N)=O)c(C[C@@H](C(=O)NO)N3CCN(Cc4ccccc4)C3)c2)cc(C)n1. The molecule has 9 heteroatoms. The number of hydroxylamine groups is 1. The lowest BCUT2D eigenvalue weighted by Gasteiger charge is -2.27.